The summed E-state index contributed by atoms with van der Waals surface area (Å²) in [6.45, 7) is 4.45. The average Bonchev–Trinajstić information content (AvgIpc) is 2.27. The molecule has 0 spiro atoms. The number of nitrogens with zero attached hydrogens (tertiary/aromatic N) is 3. The summed E-state index contributed by atoms with van der Waals surface area (Å²) in [6.07, 6.45) is 3.00. The third-order valence-corrected chi connectivity index (χ3v) is 1.97. The molecule has 1 aromatic rings. The predicted octanol–water partition coefficient (Wildman–Crippen LogP) is 0.779. The molecule has 0 aromatic carbocycles. The lowest BCUT2D eigenvalue weighted by atomic mass is 9.95. The molecule has 0 unspecified atom stereocenters. The van der Waals surface area contributed by atoms with Gasteiger partial charge in [0.05, 0.1) is 0 Å². The lowest BCUT2D eigenvalue weighted by Gasteiger charge is -2.22. The third-order valence-electron chi connectivity index (χ3n) is 1.97. The quantitative estimate of drug-likeness (QED) is 0.760. The van der Waals surface area contributed by atoms with Crippen LogP contribution in [0.4, 0.5) is 5.82 Å². The fraction of sp³-hybridized carbons (Fsp3) is 0.500. The summed E-state index contributed by atoms with van der Waals surface area (Å²) in [4.78, 5) is 7.88. The molecule has 0 radical (unpaired) electrons. The topological polar surface area (TPSA) is 81.8 Å². The van der Waals surface area contributed by atoms with Crippen molar-refractivity contribution in [2.75, 3.05) is 18.5 Å². The minimum atomic E-state index is -0.246. The van der Waals surface area contributed by atoms with Crippen molar-refractivity contribution in [3.05, 3.63) is 18.1 Å². The van der Waals surface area contributed by atoms with Crippen molar-refractivity contribution in [2.45, 2.75) is 13.8 Å². The predicted molar refractivity (Wildman–Crippen MR) is 56.1 cm³/mol. The van der Waals surface area contributed by atoms with Gasteiger partial charge in [0.1, 0.15) is 6.07 Å². The summed E-state index contributed by atoms with van der Waals surface area (Å²) in [5, 5.41) is 20.8. The number of anilines is 1. The van der Waals surface area contributed by atoms with Gasteiger partial charge in [-0.25, -0.2) is 9.97 Å². The molecule has 2 N–H and O–H groups in total. The van der Waals surface area contributed by atoms with Crippen LogP contribution in [0.25, 0.3) is 0 Å². The number of hydrogen-bond acceptors (Lipinski definition) is 5. The van der Waals surface area contributed by atoms with Gasteiger partial charge in [0.25, 0.3) is 0 Å². The van der Waals surface area contributed by atoms with E-state index >= 15 is 0 Å². The van der Waals surface area contributed by atoms with Crippen LogP contribution < -0.4 is 5.32 Å². The number of nitrogens with one attached hydrogen (secondary N) is 1. The maximum atomic E-state index is 9.06. The van der Waals surface area contributed by atoms with Crippen molar-refractivity contribution >= 4 is 5.82 Å². The summed E-state index contributed by atoms with van der Waals surface area (Å²) in [5.74, 6) is 0.460. The molecule has 0 bridgehead atoms. The first-order valence-corrected chi connectivity index (χ1v) is 4.65. The summed E-state index contributed by atoms with van der Waals surface area (Å²) >= 11 is 0. The average molecular weight is 206 g/mol. The van der Waals surface area contributed by atoms with Gasteiger partial charge in [-0.15, -0.1) is 0 Å². The van der Waals surface area contributed by atoms with Crippen molar-refractivity contribution in [3.8, 4) is 6.07 Å². The Morgan fingerprint density at radius 1 is 1.47 bits per heavy atom. The van der Waals surface area contributed by atoms with Crippen molar-refractivity contribution < 1.29 is 5.11 Å². The Balaban J connectivity index is 2.70. The van der Waals surface area contributed by atoms with Gasteiger partial charge in [-0.1, -0.05) is 13.8 Å². The molecule has 1 heterocycles. The van der Waals surface area contributed by atoms with Gasteiger partial charge in [0.2, 0.25) is 0 Å². The molecule has 15 heavy (non-hydrogen) atoms. The van der Waals surface area contributed by atoms with Crippen molar-refractivity contribution in [2.24, 2.45) is 5.41 Å². The molecule has 1 rings (SSSR count). The molecule has 0 aliphatic heterocycles. The normalized spacial score (nSPS) is 10.8. The lowest BCUT2D eigenvalue weighted by molar-refractivity contribution is 0.170. The monoisotopic (exact) mass is 206 g/mol. The van der Waals surface area contributed by atoms with Gasteiger partial charge in [-0.3, -0.25) is 0 Å². The molecule has 0 aliphatic rings. The van der Waals surface area contributed by atoms with Crippen molar-refractivity contribution in [1.29, 1.82) is 5.26 Å². The van der Waals surface area contributed by atoms with Crippen molar-refractivity contribution in [3.63, 3.8) is 0 Å². The van der Waals surface area contributed by atoms with E-state index in [2.05, 4.69) is 15.3 Å². The van der Waals surface area contributed by atoms with Gasteiger partial charge < -0.3 is 10.4 Å². The Hall–Kier alpha value is -1.67. The van der Waals surface area contributed by atoms with E-state index in [-0.39, 0.29) is 17.7 Å². The van der Waals surface area contributed by atoms with Crippen LogP contribution in [0.2, 0.25) is 0 Å². The van der Waals surface area contributed by atoms with E-state index < -0.39 is 0 Å². The largest absolute Gasteiger partial charge is 0.396 e. The molecule has 5 nitrogen and oxygen atoms in total. The SMILES string of the molecule is CC(C)(CO)CNc1nccnc1C#N. The van der Waals surface area contributed by atoms with Crippen LogP contribution in [-0.4, -0.2) is 28.2 Å². The number of nitriles is 1. The van der Waals surface area contributed by atoms with Crippen LogP contribution in [-0.2, 0) is 0 Å². The minimum Gasteiger partial charge on any atom is -0.396 e. The zero-order valence-corrected chi connectivity index (χ0v) is 8.86. The van der Waals surface area contributed by atoms with Crippen LogP contribution in [0.1, 0.15) is 19.5 Å². The van der Waals surface area contributed by atoms with E-state index in [0.29, 0.717) is 12.4 Å². The molecule has 1 aromatic heterocycles. The highest BCUT2D eigenvalue weighted by molar-refractivity contribution is 5.46. The lowest BCUT2D eigenvalue weighted by Crippen LogP contribution is -2.27. The van der Waals surface area contributed by atoms with Gasteiger partial charge in [0, 0.05) is 31.0 Å². The fourth-order valence-electron chi connectivity index (χ4n) is 0.928. The Bertz CT molecular complexity index is 370. The van der Waals surface area contributed by atoms with Gasteiger partial charge in [0.15, 0.2) is 11.5 Å². The standard InChI is InChI=1S/C10H14N4O/c1-10(2,7-15)6-14-9-8(5-11)12-3-4-13-9/h3-4,15H,6-7H2,1-2H3,(H,13,14). The fourth-order valence-corrected chi connectivity index (χ4v) is 0.928. The summed E-state index contributed by atoms with van der Waals surface area (Å²) in [7, 11) is 0. The smallest absolute Gasteiger partial charge is 0.182 e. The third kappa shape index (κ3) is 3.18. The zero-order chi connectivity index (χ0) is 11.3. The zero-order valence-electron chi connectivity index (χ0n) is 8.86. The maximum absolute atomic E-state index is 9.06. The first-order chi connectivity index (χ1) is 7.09. The molecule has 0 amide bonds. The number of rotatable bonds is 4. The molecule has 0 fully saturated rings. The number of hydrogen-bond donors (Lipinski definition) is 2. The van der Waals surface area contributed by atoms with E-state index in [1.54, 1.807) is 0 Å². The first-order valence-electron chi connectivity index (χ1n) is 4.65. The summed E-state index contributed by atoms with van der Waals surface area (Å²) < 4.78 is 0. The van der Waals surface area contributed by atoms with E-state index in [1.165, 1.54) is 12.4 Å². The van der Waals surface area contributed by atoms with E-state index in [0.717, 1.165) is 0 Å². The van der Waals surface area contributed by atoms with Crippen LogP contribution in [0.15, 0.2) is 12.4 Å². The Kier molecular flexibility index (Phi) is 3.58. The molecular formula is C10H14N4O. The van der Waals surface area contributed by atoms with Crippen LogP contribution >= 0.6 is 0 Å². The molecule has 5 heteroatoms. The Morgan fingerprint density at radius 3 is 2.73 bits per heavy atom. The maximum Gasteiger partial charge on any atom is 0.182 e. The van der Waals surface area contributed by atoms with Gasteiger partial charge in [-0.2, -0.15) is 5.26 Å². The molecule has 0 atom stereocenters. The Labute approximate surface area is 88.8 Å². The van der Waals surface area contributed by atoms with E-state index in [4.69, 9.17) is 10.4 Å². The molecule has 80 valence electrons. The van der Waals surface area contributed by atoms with Crippen LogP contribution in [0.3, 0.4) is 0 Å². The number of aliphatic hydroxyl groups excluding tert-OH is 1. The second-order valence-electron chi connectivity index (χ2n) is 4.04. The first kappa shape index (κ1) is 11.4. The highest BCUT2D eigenvalue weighted by atomic mass is 16.3. The molecule has 0 saturated carbocycles. The van der Waals surface area contributed by atoms with E-state index in [9.17, 15) is 0 Å². The molecular weight excluding hydrogens is 192 g/mol. The highest BCUT2D eigenvalue weighted by Gasteiger charge is 2.17. The Morgan fingerprint density at radius 2 is 2.13 bits per heavy atom. The van der Waals surface area contributed by atoms with Gasteiger partial charge in [-0.05, 0) is 0 Å². The van der Waals surface area contributed by atoms with Crippen LogP contribution in [0, 0.1) is 16.7 Å². The van der Waals surface area contributed by atoms with E-state index in [1.807, 2.05) is 19.9 Å². The summed E-state index contributed by atoms with van der Waals surface area (Å²) in [5.41, 5.74) is 0.0239. The summed E-state index contributed by atoms with van der Waals surface area (Å²) in [6, 6.07) is 1.95. The second-order valence-corrected chi connectivity index (χ2v) is 4.04. The number of aromatic nitrogens is 2. The number of aliphatic hydroxyl groups is 1. The van der Waals surface area contributed by atoms with Gasteiger partial charge >= 0.3 is 0 Å². The highest BCUT2D eigenvalue weighted by Crippen LogP contribution is 2.15. The second kappa shape index (κ2) is 4.71. The van der Waals surface area contributed by atoms with Crippen LogP contribution in [0.5, 0.6) is 0 Å². The van der Waals surface area contributed by atoms with Crippen molar-refractivity contribution in [1.82, 2.24) is 9.97 Å². The molecule has 0 aliphatic carbocycles. The molecule has 0 saturated heterocycles. The minimum absolute atomic E-state index is 0.0716.